The number of aromatic nitrogens is 4. The fourth-order valence-electron chi connectivity index (χ4n) is 2.92. The van der Waals surface area contributed by atoms with Crippen molar-refractivity contribution in [2.45, 2.75) is 19.2 Å². The number of aromatic amines is 1. The number of ether oxygens (including phenoxy) is 1. The minimum absolute atomic E-state index is 0.0282. The van der Waals surface area contributed by atoms with E-state index in [4.69, 9.17) is 16.0 Å². The number of H-pyrrole nitrogens is 1. The molecule has 7 nitrogen and oxygen atoms in total. The van der Waals surface area contributed by atoms with E-state index in [-0.39, 0.29) is 32.7 Å². The molecule has 0 amide bonds. The van der Waals surface area contributed by atoms with Crippen molar-refractivity contribution in [1.29, 1.82) is 0 Å². The highest BCUT2D eigenvalue weighted by atomic mass is 35.5. The van der Waals surface area contributed by atoms with Gasteiger partial charge in [-0.25, -0.2) is 0 Å². The Morgan fingerprint density at radius 3 is 2.34 bits per heavy atom. The molecule has 0 unspecified atom stereocenters. The van der Waals surface area contributed by atoms with Crippen molar-refractivity contribution in [2.75, 3.05) is 4.90 Å². The molecule has 0 fully saturated rings. The molecule has 0 radical (unpaired) electrons. The van der Waals surface area contributed by atoms with Gasteiger partial charge in [-0.1, -0.05) is 11.6 Å². The highest BCUT2D eigenvalue weighted by Crippen LogP contribution is 2.36. The van der Waals surface area contributed by atoms with Crippen molar-refractivity contribution in [3.05, 3.63) is 53.1 Å². The lowest BCUT2D eigenvalue weighted by Crippen LogP contribution is -2.37. The number of hydrogen-bond acceptors (Lipinski definition) is 6. The van der Waals surface area contributed by atoms with Crippen molar-refractivity contribution in [3.63, 3.8) is 0 Å². The molecule has 2 heterocycles. The molecule has 0 atom stereocenters. The third-order valence-corrected chi connectivity index (χ3v) is 4.62. The highest BCUT2D eigenvalue weighted by Gasteiger charge is 2.38. The second-order valence-corrected chi connectivity index (χ2v) is 6.83. The van der Waals surface area contributed by atoms with Crippen LogP contribution in [0.15, 0.2) is 46.9 Å². The Labute approximate surface area is 179 Å². The van der Waals surface area contributed by atoms with Gasteiger partial charge in [0.05, 0.1) is 6.54 Å². The summed E-state index contributed by atoms with van der Waals surface area (Å²) in [6.45, 7) is -0.726. The van der Waals surface area contributed by atoms with Gasteiger partial charge in [-0.15, -0.1) is 23.4 Å². The first-order valence-corrected chi connectivity index (χ1v) is 9.03. The van der Waals surface area contributed by atoms with E-state index >= 15 is 0 Å². The molecule has 0 aliphatic carbocycles. The zero-order valence-electron chi connectivity index (χ0n) is 15.5. The maximum atomic E-state index is 13.7. The number of hydrogen-bond donors (Lipinski definition) is 1. The lowest BCUT2D eigenvalue weighted by Gasteiger charge is -2.27. The predicted octanol–water partition coefficient (Wildman–Crippen LogP) is 5.69. The fraction of sp³-hybridized carbons (Fsp3) is 0.167. The van der Waals surface area contributed by atoms with Crippen LogP contribution in [-0.4, -0.2) is 33.3 Å². The van der Waals surface area contributed by atoms with E-state index < -0.39 is 30.6 Å². The highest BCUT2D eigenvalue weighted by molar-refractivity contribution is 6.32. The summed E-state index contributed by atoms with van der Waals surface area (Å²) in [4.78, 5) is 0.0282. The summed E-state index contributed by atoms with van der Waals surface area (Å²) in [5.74, 6) is -0.265. The first-order valence-electron chi connectivity index (χ1n) is 8.65. The Balaban J connectivity index is 1.65. The molecule has 0 bridgehead atoms. The van der Waals surface area contributed by atoms with Crippen LogP contribution in [0, 0.1) is 0 Å². The van der Waals surface area contributed by atoms with Crippen LogP contribution >= 0.6 is 11.6 Å². The van der Waals surface area contributed by atoms with Crippen LogP contribution in [0.25, 0.3) is 22.6 Å². The molecule has 4 rings (SSSR count). The van der Waals surface area contributed by atoms with Gasteiger partial charge in [-0.2, -0.15) is 18.4 Å². The fourth-order valence-corrected chi connectivity index (χ4v) is 3.16. The molecular weight excluding hydrogens is 468 g/mol. The number of nitrogens with one attached hydrogen (secondary N) is 1. The van der Waals surface area contributed by atoms with Crippen LogP contribution < -0.4 is 9.64 Å². The van der Waals surface area contributed by atoms with E-state index in [1.807, 2.05) is 0 Å². The Morgan fingerprint density at radius 2 is 1.75 bits per heavy atom. The van der Waals surface area contributed by atoms with Gasteiger partial charge in [0.25, 0.3) is 0 Å². The lowest BCUT2D eigenvalue weighted by molar-refractivity contribution is -0.274. The van der Waals surface area contributed by atoms with E-state index in [9.17, 15) is 26.3 Å². The summed E-state index contributed by atoms with van der Waals surface area (Å²) >= 11 is 6.19. The molecule has 14 heteroatoms. The van der Waals surface area contributed by atoms with Crippen LogP contribution in [0.4, 0.5) is 32.0 Å². The second kappa shape index (κ2) is 7.89. The van der Waals surface area contributed by atoms with Gasteiger partial charge in [0.1, 0.15) is 11.3 Å². The van der Waals surface area contributed by atoms with Crippen molar-refractivity contribution < 1.29 is 35.5 Å². The number of halogens is 7. The number of tetrazole rings is 1. The summed E-state index contributed by atoms with van der Waals surface area (Å²) in [6.07, 6.45) is -9.82. The Morgan fingerprint density at radius 1 is 1.03 bits per heavy atom. The zero-order valence-corrected chi connectivity index (χ0v) is 16.3. The van der Waals surface area contributed by atoms with Gasteiger partial charge < -0.3 is 9.15 Å². The molecule has 4 aromatic rings. The first kappa shape index (κ1) is 21.7. The standard InChI is InChI=1S/C18H10ClF6N5O2/c19-13-5-9-6-15(16-26-28-29-27-16)31-14(9)7-10(13)8-30(17(20,21)22)11-1-3-12(4-2-11)32-18(23,24)25/h1-7H,8H2,(H,26,27,28,29). The minimum Gasteiger partial charge on any atom is -0.453 e. The SMILES string of the molecule is FC(F)(F)Oc1ccc(N(Cc2cc3oc(-c4nn[nH]n4)cc3cc2Cl)C(F)(F)F)cc1. The predicted molar refractivity (Wildman–Crippen MR) is 99.8 cm³/mol. The normalized spacial score (nSPS) is 12.3. The van der Waals surface area contributed by atoms with Gasteiger partial charge in [0.15, 0.2) is 5.76 Å². The Hall–Kier alpha value is -3.48. The number of fused-ring (bicyclic) bond motifs is 1. The van der Waals surface area contributed by atoms with E-state index in [1.165, 1.54) is 12.1 Å². The third-order valence-electron chi connectivity index (χ3n) is 4.27. The molecule has 2 aromatic carbocycles. The monoisotopic (exact) mass is 477 g/mol. The van der Waals surface area contributed by atoms with E-state index in [1.54, 1.807) is 6.07 Å². The zero-order chi connectivity index (χ0) is 23.1. The van der Waals surface area contributed by atoms with Gasteiger partial charge in [0, 0.05) is 16.1 Å². The summed E-state index contributed by atoms with van der Waals surface area (Å²) in [5.41, 5.74) is -0.100. The molecule has 32 heavy (non-hydrogen) atoms. The topological polar surface area (TPSA) is 80.1 Å². The molecule has 0 spiro atoms. The van der Waals surface area contributed by atoms with Crippen molar-refractivity contribution >= 4 is 28.3 Å². The molecule has 0 saturated carbocycles. The molecule has 0 aliphatic heterocycles. The smallest absolute Gasteiger partial charge is 0.453 e. The van der Waals surface area contributed by atoms with Gasteiger partial charge in [-0.3, -0.25) is 4.90 Å². The summed E-state index contributed by atoms with van der Waals surface area (Å²) in [6, 6.07) is 7.61. The molecule has 2 aromatic heterocycles. The Bertz CT molecular complexity index is 1220. The maximum Gasteiger partial charge on any atom is 0.573 e. The average molecular weight is 478 g/mol. The second-order valence-electron chi connectivity index (χ2n) is 6.42. The van der Waals surface area contributed by atoms with Crippen LogP contribution in [-0.2, 0) is 6.54 Å². The van der Waals surface area contributed by atoms with Crippen LogP contribution in [0.1, 0.15) is 5.56 Å². The molecule has 0 saturated heterocycles. The van der Waals surface area contributed by atoms with Crippen molar-refractivity contribution in [2.24, 2.45) is 0 Å². The van der Waals surface area contributed by atoms with Gasteiger partial charge in [-0.05, 0) is 53.2 Å². The summed E-state index contributed by atoms with van der Waals surface area (Å²) < 4.78 is 87.3. The minimum atomic E-state index is -4.96. The number of benzene rings is 2. The van der Waals surface area contributed by atoms with Crippen LogP contribution in [0.5, 0.6) is 5.75 Å². The lowest BCUT2D eigenvalue weighted by atomic mass is 10.1. The number of alkyl halides is 6. The molecule has 1 N–H and O–H groups in total. The molecule has 0 aliphatic rings. The van der Waals surface area contributed by atoms with E-state index in [0.29, 0.717) is 5.39 Å². The maximum absolute atomic E-state index is 13.7. The number of anilines is 1. The van der Waals surface area contributed by atoms with Crippen molar-refractivity contribution in [1.82, 2.24) is 20.6 Å². The van der Waals surface area contributed by atoms with Gasteiger partial charge in [0.2, 0.25) is 5.82 Å². The number of nitrogens with zero attached hydrogens (tertiary/aromatic N) is 4. The van der Waals surface area contributed by atoms with Crippen LogP contribution in [0.2, 0.25) is 5.02 Å². The molecular formula is C18H10ClF6N5O2. The molecule has 168 valence electrons. The summed E-state index contributed by atoms with van der Waals surface area (Å²) in [7, 11) is 0. The van der Waals surface area contributed by atoms with Crippen molar-refractivity contribution in [3.8, 4) is 17.3 Å². The quantitative estimate of drug-likeness (QED) is 0.294. The first-order chi connectivity index (χ1) is 15.0. The van der Waals surface area contributed by atoms with E-state index in [2.05, 4.69) is 25.4 Å². The third kappa shape index (κ3) is 4.72. The Kier molecular flexibility index (Phi) is 5.36. The van der Waals surface area contributed by atoms with Gasteiger partial charge >= 0.3 is 12.7 Å². The average Bonchev–Trinajstić information content (AvgIpc) is 3.34. The van der Waals surface area contributed by atoms with E-state index in [0.717, 1.165) is 24.3 Å². The van der Waals surface area contributed by atoms with Crippen LogP contribution in [0.3, 0.4) is 0 Å². The largest absolute Gasteiger partial charge is 0.573 e. The number of furan rings is 1. The summed E-state index contributed by atoms with van der Waals surface area (Å²) in [5, 5.41) is 13.7. The number of rotatable bonds is 5.